The van der Waals surface area contributed by atoms with Crippen LogP contribution in [0.3, 0.4) is 0 Å². The minimum atomic E-state index is -0.662. The molecule has 0 spiro atoms. The van der Waals surface area contributed by atoms with Gasteiger partial charge in [0, 0.05) is 18.6 Å². The second-order valence-electron chi connectivity index (χ2n) is 7.04. The summed E-state index contributed by atoms with van der Waals surface area (Å²) < 4.78 is 16.3. The van der Waals surface area contributed by atoms with Crippen molar-refractivity contribution >= 4 is 11.9 Å². The van der Waals surface area contributed by atoms with Crippen LogP contribution < -0.4 is 0 Å². The highest BCUT2D eigenvalue weighted by molar-refractivity contribution is 5.91. The maximum Gasteiger partial charge on any atom is 0.334 e. The average Bonchev–Trinajstić information content (AvgIpc) is 2.89. The van der Waals surface area contributed by atoms with Gasteiger partial charge < -0.3 is 14.2 Å². The summed E-state index contributed by atoms with van der Waals surface area (Å²) in [6.07, 6.45) is 3.15. The van der Waals surface area contributed by atoms with Crippen LogP contribution in [0.5, 0.6) is 0 Å². The van der Waals surface area contributed by atoms with Crippen LogP contribution in [0.1, 0.15) is 39.5 Å². The number of ether oxygens (including phenoxy) is 3. The Morgan fingerprint density at radius 1 is 1.43 bits per heavy atom. The van der Waals surface area contributed by atoms with Crippen LogP contribution in [0, 0.1) is 11.8 Å². The molecule has 0 aromatic carbocycles. The van der Waals surface area contributed by atoms with Crippen LogP contribution in [0.4, 0.5) is 0 Å². The largest absolute Gasteiger partial charge is 0.458 e. The van der Waals surface area contributed by atoms with Crippen LogP contribution in [0.25, 0.3) is 0 Å². The Morgan fingerprint density at radius 2 is 2.17 bits per heavy atom. The first kappa shape index (κ1) is 16.2. The van der Waals surface area contributed by atoms with Gasteiger partial charge in [0.1, 0.15) is 18.3 Å². The first-order valence-corrected chi connectivity index (χ1v) is 8.16. The zero-order chi connectivity index (χ0) is 16.8. The molecule has 23 heavy (non-hydrogen) atoms. The molecule has 1 heterocycles. The second kappa shape index (κ2) is 5.78. The van der Waals surface area contributed by atoms with E-state index in [0.717, 1.165) is 25.7 Å². The lowest BCUT2D eigenvalue weighted by Crippen LogP contribution is -2.44. The first-order chi connectivity index (χ1) is 10.9. The second-order valence-corrected chi connectivity index (χ2v) is 7.04. The van der Waals surface area contributed by atoms with Gasteiger partial charge in [0.2, 0.25) is 0 Å². The fraction of sp³-hybridized carbons (Fsp3) is 0.667. The van der Waals surface area contributed by atoms with Gasteiger partial charge in [0.25, 0.3) is 0 Å². The van der Waals surface area contributed by atoms with Crippen molar-refractivity contribution in [1.29, 1.82) is 0 Å². The quantitative estimate of drug-likeness (QED) is 0.454. The van der Waals surface area contributed by atoms with Crippen LogP contribution >= 0.6 is 0 Å². The van der Waals surface area contributed by atoms with E-state index >= 15 is 0 Å². The highest BCUT2D eigenvalue weighted by atomic mass is 16.6. The molecule has 126 valence electrons. The molecular formula is C18H24O5. The van der Waals surface area contributed by atoms with Crippen LogP contribution in [-0.4, -0.2) is 37.4 Å². The summed E-state index contributed by atoms with van der Waals surface area (Å²) in [5.41, 5.74) is 2.51. The summed E-state index contributed by atoms with van der Waals surface area (Å²) in [5.74, 6) is -0.758. The molecule has 1 saturated carbocycles. The summed E-state index contributed by atoms with van der Waals surface area (Å²) in [4.78, 5) is 24.0. The van der Waals surface area contributed by atoms with Crippen LogP contribution in [0.15, 0.2) is 23.3 Å². The molecule has 0 amide bonds. The average molecular weight is 320 g/mol. The summed E-state index contributed by atoms with van der Waals surface area (Å²) in [7, 11) is 1.47. The van der Waals surface area contributed by atoms with Crippen molar-refractivity contribution in [2.45, 2.75) is 51.2 Å². The van der Waals surface area contributed by atoms with Gasteiger partial charge in [-0.05, 0) is 39.5 Å². The van der Waals surface area contributed by atoms with Crippen molar-refractivity contribution in [3.05, 3.63) is 23.3 Å². The highest BCUT2D eigenvalue weighted by Gasteiger charge is 2.56. The predicted molar refractivity (Wildman–Crippen MR) is 83.5 cm³/mol. The Balaban J connectivity index is 1.95. The smallest absolute Gasteiger partial charge is 0.334 e. The monoisotopic (exact) mass is 320 g/mol. The third-order valence-electron chi connectivity index (χ3n) is 5.59. The van der Waals surface area contributed by atoms with Crippen LogP contribution in [0.2, 0.25) is 0 Å². The van der Waals surface area contributed by atoms with Crippen molar-refractivity contribution in [2.75, 3.05) is 13.7 Å². The van der Waals surface area contributed by atoms with E-state index in [2.05, 4.69) is 13.5 Å². The van der Waals surface area contributed by atoms with Gasteiger partial charge in [-0.25, -0.2) is 9.59 Å². The van der Waals surface area contributed by atoms with Gasteiger partial charge in [-0.3, -0.25) is 0 Å². The van der Waals surface area contributed by atoms with E-state index in [9.17, 15) is 9.59 Å². The molecule has 5 nitrogen and oxygen atoms in total. The van der Waals surface area contributed by atoms with Crippen molar-refractivity contribution < 1.29 is 23.8 Å². The SMILES string of the molecule is C=C1C(=O)O[C@@H]2C3C(=C(C)CC[C@@H]12)CC[C@@]3(C)OC(=O)COC. The van der Waals surface area contributed by atoms with E-state index in [4.69, 9.17) is 14.2 Å². The van der Waals surface area contributed by atoms with E-state index in [1.807, 2.05) is 6.92 Å². The molecule has 4 atom stereocenters. The molecule has 1 saturated heterocycles. The molecule has 1 aliphatic heterocycles. The van der Waals surface area contributed by atoms with Gasteiger partial charge in [-0.15, -0.1) is 0 Å². The Hall–Kier alpha value is -1.62. The van der Waals surface area contributed by atoms with Crippen LogP contribution in [-0.2, 0) is 23.8 Å². The number of fused-ring (bicyclic) bond motifs is 3. The van der Waals surface area contributed by atoms with Gasteiger partial charge in [0.15, 0.2) is 0 Å². The number of hydrogen-bond acceptors (Lipinski definition) is 5. The fourth-order valence-electron chi connectivity index (χ4n) is 4.41. The molecule has 2 aliphatic carbocycles. The Labute approximate surface area is 136 Å². The lowest BCUT2D eigenvalue weighted by Gasteiger charge is -2.36. The molecule has 0 bridgehead atoms. The first-order valence-electron chi connectivity index (χ1n) is 8.16. The Morgan fingerprint density at radius 3 is 2.87 bits per heavy atom. The number of carbonyl (C=O) groups is 2. The minimum absolute atomic E-state index is 0.0125. The predicted octanol–water partition coefficient (Wildman–Crippen LogP) is 2.55. The maximum atomic E-state index is 12.0. The highest BCUT2D eigenvalue weighted by Crippen LogP contribution is 2.53. The molecule has 0 aromatic heterocycles. The van der Waals surface area contributed by atoms with E-state index in [1.165, 1.54) is 18.3 Å². The number of allylic oxidation sites excluding steroid dienone is 1. The summed E-state index contributed by atoms with van der Waals surface area (Å²) in [5, 5.41) is 0. The summed E-state index contributed by atoms with van der Waals surface area (Å²) in [6.45, 7) is 7.93. The number of methoxy groups -OCH3 is 1. The topological polar surface area (TPSA) is 61.8 Å². The normalized spacial score (nSPS) is 36.4. The van der Waals surface area contributed by atoms with Gasteiger partial charge in [0.05, 0.1) is 5.92 Å². The van der Waals surface area contributed by atoms with Crippen molar-refractivity contribution in [2.24, 2.45) is 11.8 Å². The molecule has 5 heteroatoms. The van der Waals surface area contributed by atoms with E-state index in [-0.39, 0.29) is 36.5 Å². The van der Waals surface area contributed by atoms with Crippen molar-refractivity contribution in [3.8, 4) is 0 Å². The maximum absolute atomic E-state index is 12.0. The molecular weight excluding hydrogens is 296 g/mol. The molecule has 2 fully saturated rings. The molecule has 0 radical (unpaired) electrons. The van der Waals surface area contributed by atoms with E-state index in [0.29, 0.717) is 5.57 Å². The lowest BCUT2D eigenvalue weighted by atomic mass is 9.79. The van der Waals surface area contributed by atoms with Gasteiger partial charge in [-0.2, -0.15) is 0 Å². The standard InChI is InChI=1S/C18H24O5/c1-10-5-6-13-11(2)17(20)22-16(13)15-12(10)7-8-18(15,3)23-14(19)9-21-4/h13,15-16H,2,5-9H2,1,3-4H3/t13-,15?,16-,18+/m0/s1. The Kier molecular flexibility index (Phi) is 4.08. The zero-order valence-corrected chi connectivity index (χ0v) is 14.0. The van der Waals surface area contributed by atoms with Crippen molar-refractivity contribution in [1.82, 2.24) is 0 Å². The fourth-order valence-corrected chi connectivity index (χ4v) is 4.41. The number of esters is 2. The molecule has 0 N–H and O–H groups in total. The summed E-state index contributed by atoms with van der Waals surface area (Å²) >= 11 is 0. The van der Waals surface area contributed by atoms with Gasteiger partial charge in [-0.1, -0.05) is 17.7 Å². The number of hydrogen-bond donors (Lipinski definition) is 0. The number of carbonyl (C=O) groups excluding carboxylic acids is 2. The number of rotatable bonds is 3. The Bertz CT molecular complexity index is 590. The third-order valence-corrected chi connectivity index (χ3v) is 5.59. The summed E-state index contributed by atoms with van der Waals surface area (Å²) in [6, 6.07) is 0. The minimum Gasteiger partial charge on any atom is -0.458 e. The lowest BCUT2D eigenvalue weighted by molar-refractivity contribution is -0.171. The van der Waals surface area contributed by atoms with Crippen molar-refractivity contribution in [3.63, 3.8) is 0 Å². The third kappa shape index (κ3) is 2.61. The molecule has 0 aromatic rings. The molecule has 3 rings (SSSR count). The van der Waals surface area contributed by atoms with E-state index in [1.54, 1.807) is 0 Å². The van der Waals surface area contributed by atoms with E-state index < -0.39 is 5.60 Å². The molecule has 1 unspecified atom stereocenters. The molecule has 3 aliphatic rings. The zero-order valence-electron chi connectivity index (χ0n) is 14.0. The van der Waals surface area contributed by atoms with Gasteiger partial charge >= 0.3 is 11.9 Å².